The van der Waals surface area contributed by atoms with Crippen LogP contribution < -0.4 is 29.6 Å². The molecule has 2 unspecified atom stereocenters. The van der Waals surface area contributed by atoms with Crippen molar-refractivity contribution >= 4 is 136 Å². The van der Waals surface area contributed by atoms with Crippen LogP contribution in [0.1, 0.15) is 258 Å². The number of unbranched alkanes of at least 4 members (excludes halogenated alkanes) is 12. The molecule has 0 aliphatic rings. The average Bonchev–Trinajstić information content (AvgIpc) is 0.800. The summed E-state index contributed by atoms with van der Waals surface area (Å²) in [6, 6.07) is 0. The molecule has 35 nitrogen and oxygen atoms in total. The number of hydrogen-bond acceptors (Lipinski definition) is 35. The van der Waals surface area contributed by atoms with Gasteiger partial charge in [0.1, 0.15) is 54.2 Å². The van der Waals surface area contributed by atoms with Crippen LogP contribution in [0.15, 0.2) is 60.8 Å². The number of carbonyl (C=O) groups excluding carboxylic acids is 21. The second-order valence-corrected chi connectivity index (χ2v) is 26.5. The molecule has 0 amide bonds. The molecular formula is C85H133Cl2NaO35. The van der Waals surface area contributed by atoms with Gasteiger partial charge in [0.25, 0.3) is 0 Å². The summed E-state index contributed by atoms with van der Waals surface area (Å²) in [6.45, 7) is 40.4. The number of ketones is 4. The zero-order chi connectivity index (χ0) is 95.3. The van der Waals surface area contributed by atoms with E-state index in [0.29, 0.717) is 87.5 Å². The van der Waals surface area contributed by atoms with E-state index in [4.69, 9.17) is 95.2 Å². The van der Waals surface area contributed by atoms with Crippen LogP contribution in [-0.2, 0) is 158 Å². The van der Waals surface area contributed by atoms with Crippen molar-refractivity contribution in [1.82, 2.24) is 0 Å². The number of allylic oxidation sites excluding steroid dienone is 2. The van der Waals surface area contributed by atoms with E-state index in [1.807, 2.05) is 13.8 Å². The van der Waals surface area contributed by atoms with E-state index in [1.54, 1.807) is 41.5 Å². The molecule has 38 heteroatoms. The maximum atomic E-state index is 13.5. The molecule has 2 atom stereocenters. The van der Waals surface area contributed by atoms with E-state index in [-0.39, 0.29) is 221 Å². The summed E-state index contributed by atoms with van der Waals surface area (Å²) in [5, 5.41) is 16.0. The Morgan fingerprint density at radius 3 is 0.797 bits per heavy atom. The molecule has 698 valence electrons. The van der Waals surface area contributed by atoms with Gasteiger partial charge in [-0.1, -0.05) is 70.7 Å². The first kappa shape index (κ1) is 132. The molecule has 0 aromatic rings. The number of Topliss-reactive ketones (excluding diaryl/α,β-unsaturated/α-hetero) is 4. The van der Waals surface area contributed by atoms with Gasteiger partial charge in [-0.3, -0.25) is 67.1 Å². The fraction of sp³-hybridized carbons (Fsp3) is 0.659. The maximum absolute atomic E-state index is 13.5. The number of aliphatic hydroxyl groups is 2. The van der Waals surface area contributed by atoms with Gasteiger partial charge in [0.15, 0.2) is 5.41 Å². The van der Waals surface area contributed by atoms with E-state index < -0.39 is 93.5 Å². The molecule has 0 radical (unpaired) electrons. The van der Waals surface area contributed by atoms with Crippen LogP contribution in [0, 0.1) is 10.8 Å². The van der Waals surface area contributed by atoms with Gasteiger partial charge in [0.05, 0.1) is 91.6 Å². The number of rotatable bonds is 60. The normalized spacial score (nSPS) is 10.5. The molecule has 2 N–H and O–H groups in total. The molecule has 0 rings (SSSR count). The van der Waals surface area contributed by atoms with Crippen molar-refractivity contribution in [3.63, 3.8) is 0 Å². The third-order valence-corrected chi connectivity index (χ3v) is 15.6. The number of carbonyl (C=O) groups is 17. The van der Waals surface area contributed by atoms with Crippen molar-refractivity contribution in [2.24, 2.45) is 10.8 Å². The molecule has 0 aliphatic carbocycles. The van der Waals surface area contributed by atoms with E-state index in [9.17, 15) is 81.5 Å². The summed E-state index contributed by atoms with van der Waals surface area (Å²) in [5.74, 6) is -8.51. The minimum atomic E-state index is -1.84. The van der Waals surface area contributed by atoms with Gasteiger partial charge < -0.3 is 68.5 Å². The quantitative estimate of drug-likeness (QED) is 0.00666. The fourth-order valence-electron chi connectivity index (χ4n) is 9.10. The molecule has 0 fully saturated rings. The Kier molecular flexibility index (Phi) is 97.3. The van der Waals surface area contributed by atoms with E-state index in [0.717, 1.165) is 51.4 Å². The number of halogens is 2. The van der Waals surface area contributed by atoms with Crippen molar-refractivity contribution in [3.8, 4) is 0 Å². The summed E-state index contributed by atoms with van der Waals surface area (Å²) in [4.78, 5) is 228. The molecular weight excluding hydrogens is 1670 g/mol. The Balaban J connectivity index is -0.000000177. The standard InChI is InChI=1S/C37H56O11.2C15H24O7.C6H9ClO2.C6H14O2.C4H5ClO2.2CO2.Na.H/c1-11-26(6)22-36(30(10)38,24-28(8)31(39)44-13-3)33(41)47-20-18-16-17-19-21-48-35(43)37(23-27(7)12-2,34(42)46-15-5)25-29(9)32(40)45-14-4;2*1-3-20-14(18)11-15(19)22-9-7-5-4-6-8-21-13(17)10-12(2)16;1-3-9-6(8)5(2)4-7;7-5-3-1-2-4-6-8;1-3(6)2-4(5)7;2*2-1-3;;/h6-9,11-25H2,1-5,10H3;2*3-11H2,1-2H3;2-4H2,1H3;7-8H,1-6H2;2H2,1H3;;;;/q;;;;;;;;+1;-1. The van der Waals surface area contributed by atoms with Gasteiger partial charge in [-0.2, -0.15) is 19.2 Å². The SMILES string of the molecule is C=C(CC)CC(CC(=C)C(=O)OCC)(C(C)=O)C(=O)OCCCCCCOC(=O)C(CC(=C)CC)(CC(=C)C(=O)OCC)C(=O)OCC.C=C(CCl)C(=O)OCC.CC(=O)CC(=O)Cl.CCOC(=O)CC(=O)OCCCCCCOC(=O)CC(C)=O.CCOC(=O)CC(=O)OCCCCCCOC(=O)CC(C)=O.O=C=O.O=C=O.OCCCCCCO.[H-].[Na+]. The third kappa shape index (κ3) is 83.6. The third-order valence-electron chi connectivity index (χ3n) is 15.2. The average molecular weight is 1810 g/mol. The Hall–Kier alpha value is -9.05. The largest absolute Gasteiger partial charge is 1.00 e. The van der Waals surface area contributed by atoms with Crippen LogP contribution in [0.25, 0.3) is 0 Å². The van der Waals surface area contributed by atoms with Crippen LogP contribution in [0.3, 0.4) is 0 Å². The predicted molar refractivity (Wildman–Crippen MR) is 442 cm³/mol. The van der Waals surface area contributed by atoms with Gasteiger partial charge in [-0.25, -0.2) is 14.4 Å². The Morgan fingerprint density at radius 1 is 0.317 bits per heavy atom. The first-order valence-corrected chi connectivity index (χ1v) is 40.8. The Labute approximate surface area is 756 Å². The zero-order valence-corrected chi connectivity index (χ0v) is 77.9. The Morgan fingerprint density at radius 2 is 0.553 bits per heavy atom. The zero-order valence-electron chi connectivity index (χ0n) is 75.4. The monoisotopic (exact) mass is 1810 g/mol. The molecule has 0 saturated carbocycles. The van der Waals surface area contributed by atoms with Crippen LogP contribution in [-0.4, -0.2) is 221 Å². The smallest absolute Gasteiger partial charge is 1.00 e. The number of ether oxygens (including phenoxy) is 12. The minimum absolute atomic E-state index is 0. The van der Waals surface area contributed by atoms with Crippen molar-refractivity contribution in [2.45, 2.75) is 256 Å². The molecule has 0 spiro atoms. The minimum Gasteiger partial charge on any atom is -1.00 e. The van der Waals surface area contributed by atoms with Crippen molar-refractivity contribution < 1.29 is 199 Å². The first-order chi connectivity index (χ1) is 57.6. The molecule has 0 saturated heterocycles. The van der Waals surface area contributed by atoms with Crippen LogP contribution in [0.2, 0.25) is 0 Å². The summed E-state index contributed by atoms with van der Waals surface area (Å²) < 4.78 is 59.7. The van der Waals surface area contributed by atoms with E-state index >= 15 is 0 Å². The second kappa shape index (κ2) is 90.7. The predicted octanol–water partition coefficient (Wildman–Crippen LogP) is 8.18. The molecule has 123 heavy (non-hydrogen) atoms. The van der Waals surface area contributed by atoms with Crippen molar-refractivity contribution in [2.75, 3.05) is 98.4 Å². The molecule has 0 bridgehead atoms. The fourth-order valence-corrected chi connectivity index (χ4v) is 9.40. The Bertz CT molecular complexity index is 3170. The van der Waals surface area contributed by atoms with Gasteiger partial charge in [0.2, 0.25) is 5.24 Å². The number of aliphatic hydroxyl groups excluding tert-OH is 2. The van der Waals surface area contributed by atoms with Crippen molar-refractivity contribution in [1.29, 1.82) is 0 Å². The topological polar surface area (TPSA) is 510 Å². The summed E-state index contributed by atoms with van der Waals surface area (Å²) in [5.41, 5.74) is -1.98. The van der Waals surface area contributed by atoms with E-state index in [2.05, 4.69) is 47.1 Å². The summed E-state index contributed by atoms with van der Waals surface area (Å²) in [7, 11) is 0. The molecule has 0 heterocycles. The van der Waals surface area contributed by atoms with E-state index in [1.165, 1.54) is 27.7 Å². The molecule has 0 aromatic heterocycles. The van der Waals surface area contributed by atoms with Crippen LogP contribution in [0.4, 0.5) is 0 Å². The number of hydrogen-bond donors (Lipinski definition) is 2. The molecule has 0 aromatic carbocycles. The number of alkyl halides is 1. The van der Waals surface area contributed by atoms with Crippen molar-refractivity contribution in [3.05, 3.63) is 60.8 Å². The van der Waals surface area contributed by atoms with Crippen LogP contribution in [0.5, 0.6) is 0 Å². The van der Waals surface area contributed by atoms with Gasteiger partial charge in [-0.15, -0.1) is 11.6 Å². The summed E-state index contributed by atoms with van der Waals surface area (Å²) >= 11 is 10.1. The molecule has 0 aliphatic heterocycles. The van der Waals surface area contributed by atoms with Crippen LogP contribution >= 0.6 is 23.2 Å². The maximum Gasteiger partial charge on any atom is 1.00 e. The van der Waals surface area contributed by atoms with Gasteiger partial charge in [0, 0.05) is 42.8 Å². The summed E-state index contributed by atoms with van der Waals surface area (Å²) in [6.07, 6.45) is 11.6. The first-order valence-electron chi connectivity index (χ1n) is 39.9. The van der Waals surface area contributed by atoms with Gasteiger partial charge >= 0.3 is 113 Å². The van der Waals surface area contributed by atoms with Gasteiger partial charge in [-0.05, 0) is 196 Å². The second-order valence-electron chi connectivity index (χ2n) is 25.8. The number of esters is 12.